The Hall–Kier alpha value is -3.31. The van der Waals surface area contributed by atoms with Crippen LogP contribution in [0.4, 0.5) is 4.79 Å². The fourth-order valence-corrected chi connectivity index (χ4v) is 13.9. The third kappa shape index (κ3) is 4.40. The molecule has 1 N–H and O–H groups in total. The van der Waals surface area contributed by atoms with Gasteiger partial charge in [-0.2, -0.15) is 0 Å². The second kappa shape index (κ2) is 10.6. The normalized spacial score (nSPS) is 16.7. The molecule has 37 heavy (non-hydrogen) atoms. The number of hydrogen-bond donors (Lipinski definition) is 1. The van der Waals surface area contributed by atoms with E-state index in [2.05, 4.69) is 57.4 Å². The van der Waals surface area contributed by atoms with E-state index in [0.717, 1.165) is 21.5 Å². The van der Waals surface area contributed by atoms with E-state index in [1.165, 1.54) is 4.90 Å². The van der Waals surface area contributed by atoms with Gasteiger partial charge in [-0.3, -0.25) is 0 Å². The third-order valence-corrected chi connectivity index (χ3v) is 17.8. The molecule has 1 fully saturated rings. The molecule has 0 aliphatic carbocycles. The number of hydroxylamine groups is 1. The van der Waals surface area contributed by atoms with Crippen molar-refractivity contribution in [1.29, 1.82) is 0 Å². The summed E-state index contributed by atoms with van der Waals surface area (Å²) in [6.07, 6.45) is 0.521. The molecule has 3 amide bonds. The number of benzene rings is 4. The minimum absolute atomic E-state index is 0.216. The monoisotopic (exact) mass is 574 g/mol. The van der Waals surface area contributed by atoms with Crippen LogP contribution in [0.15, 0.2) is 121 Å². The van der Waals surface area contributed by atoms with Gasteiger partial charge in [0, 0.05) is 0 Å². The molecule has 0 saturated carbocycles. The number of hydrogen-bond acceptors (Lipinski definition) is 3. The number of carbonyl (C=O) groups is 2. The van der Waals surface area contributed by atoms with Gasteiger partial charge < -0.3 is 0 Å². The number of nitrogens with one attached hydrogen (secondary N) is 1. The van der Waals surface area contributed by atoms with Gasteiger partial charge in [0.1, 0.15) is 0 Å². The SMILES string of the molecule is O=C(NOCc1ccccc1)N1CCC(P(Br)(c2ccccc2)(c2ccccc2)c2ccccc2)C1=O. The topological polar surface area (TPSA) is 58.6 Å². The van der Waals surface area contributed by atoms with Crippen LogP contribution in [0.3, 0.4) is 0 Å². The number of imide groups is 1. The Morgan fingerprint density at radius 1 is 0.784 bits per heavy atom. The standard InChI is InChI=1S/C30H28BrN2O3P/c31-37(25-15-7-2-8-16-25,26-17-9-3-10-18-26,27-19-11-4-12-20-27)28-21-22-33(29(28)34)30(35)32-36-23-24-13-5-1-6-14-24/h1-20,28H,21-23H2,(H,32,35). The van der Waals surface area contributed by atoms with Crippen LogP contribution in [0.1, 0.15) is 12.0 Å². The number of amides is 3. The number of rotatable bonds is 7. The summed E-state index contributed by atoms with van der Waals surface area (Å²) in [6, 6.07) is 39.5. The van der Waals surface area contributed by atoms with Crippen LogP contribution in [0.2, 0.25) is 0 Å². The van der Waals surface area contributed by atoms with Crippen molar-refractivity contribution in [3.8, 4) is 0 Å². The van der Waals surface area contributed by atoms with Crippen molar-refractivity contribution in [2.45, 2.75) is 18.7 Å². The van der Waals surface area contributed by atoms with Gasteiger partial charge in [0.05, 0.1) is 0 Å². The first-order valence-electron chi connectivity index (χ1n) is 12.2. The molecule has 0 spiro atoms. The zero-order valence-corrected chi connectivity index (χ0v) is 22.7. The van der Waals surface area contributed by atoms with Gasteiger partial charge in [0.2, 0.25) is 0 Å². The van der Waals surface area contributed by atoms with Crippen LogP contribution in [-0.2, 0) is 16.2 Å². The predicted molar refractivity (Wildman–Crippen MR) is 154 cm³/mol. The van der Waals surface area contributed by atoms with Crippen LogP contribution in [0.25, 0.3) is 0 Å². The van der Waals surface area contributed by atoms with Crippen molar-refractivity contribution in [3.05, 3.63) is 127 Å². The van der Waals surface area contributed by atoms with Crippen molar-refractivity contribution in [2.75, 3.05) is 6.54 Å². The van der Waals surface area contributed by atoms with E-state index < -0.39 is 17.0 Å². The number of halogens is 1. The Balaban J connectivity index is 1.54. The Kier molecular flexibility index (Phi) is 7.25. The van der Waals surface area contributed by atoms with Crippen molar-refractivity contribution >= 4 is 48.6 Å². The molecular weight excluding hydrogens is 547 g/mol. The molecule has 1 unspecified atom stereocenters. The summed E-state index contributed by atoms with van der Waals surface area (Å²) in [5.41, 5.74) is 2.93. The first kappa shape index (κ1) is 25.3. The van der Waals surface area contributed by atoms with E-state index in [0.29, 0.717) is 13.0 Å². The van der Waals surface area contributed by atoms with Crippen molar-refractivity contribution < 1.29 is 14.4 Å². The summed E-state index contributed by atoms with van der Waals surface area (Å²) in [5.74, 6) is -0.216. The molecule has 7 heteroatoms. The van der Waals surface area contributed by atoms with Crippen LogP contribution in [0.5, 0.6) is 0 Å². The second-order valence-electron chi connectivity index (χ2n) is 9.06. The maximum absolute atomic E-state index is 14.2. The van der Waals surface area contributed by atoms with Gasteiger partial charge in [0.25, 0.3) is 0 Å². The van der Waals surface area contributed by atoms with Gasteiger partial charge in [-0.15, -0.1) is 0 Å². The Bertz CT molecular complexity index is 1270. The second-order valence-corrected chi connectivity index (χ2v) is 17.8. The minimum atomic E-state index is -3.55. The van der Waals surface area contributed by atoms with E-state index in [1.54, 1.807) is 0 Å². The van der Waals surface area contributed by atoms with Gasteiger partial charge in [0.15, 0.2) is 0 Å². The molecule has 0 bridgehead atoms. The summed E-state index contributed by atoms with van der Waals surface area (Å²) in [6.45, 7) is 0.522. The summed E-state index contributed by atoms with van der Waals surface area (Å²) < 4.78 is 0. The summed E-state index contributed by atoms with van der Waals surface area (Å²) in [5, 5.41) is -0.408. The van der Waals surface area contributed by atoms with Gasteiger partial charge in [-0.25, -0.2) is 0 Å². The molecule has 1 atom stereocenters. The Morgan fingerprint density at radius 2 is 1.22 bits per heavy atom. The van der Waals surface area contributed by atoms with Gasteiger partial charge in [-0.05, 0) is 0 Å². The molecule has 1 aliphatic heterocycles. The zero-order valence-electron chi connectivity index (χ0n) is 20.2. The molecule has 1 aliphatic rings. The summed E-state index contributed by atoms with van der Waals surface area (Å²) in [7, 11) is 0. The predicted octanol–water partition coefficient (Wildman–Crippen LogP) is 5.27. The molecule has 1 saturated heterocycles. The van der Waals surface area contributed by atoms with Crippen LogP contribution in [0, 0.1) is 0 Å². The van der Waals surface area contributed by atoms with Crippen molar-refractivity contribution in [3.63, 3.8) is 0 Å². The van der Waals surface area contributed by atoms with Crippen LogP contribution < -0.4 is 21.4 Å². The molecule has 1 heterocycles. The molecular formula is C30H28BrN2O3P. The van der Waals surface area contributed by atoms with E-state index in [9.17, 15) is 9.59 Å². The number of urea groups is 1. The van der Waals surface area contributed by atoms with Crippen molar-refractivity contribution in [1.82, 2.24) is 10.4 Å². The molecule has 4 aromatic carbocycles. The number of nitrogens with zero attached hydrogens (tertiary/aromatic N) is 1. The molecule has 0 aromatic heterocycles. The van der Waals surface area contributed by atoms with Gasteiger partial charge in [-0.1, -0.05) is 0 Å². The average Bonchev–Trinajstić information content (AvgIpc) is 3.37. The summed E-state index contributed by atoms with van der Waals surface area (Å²) in [4.78, 5) is 34.0. The van der Waals surface area contributed by atoms with Gasteiger partial charge >= 0.3 is 226 Å². The van der Waals surface area contributed by atoms with E-state index in [-0.39, 0.29) is 12.5 Å². The van der Waals surface area contributed by atoms with E-state index in [4.69, 9.17) is 4.84 Å². The maximum atomic E-state index is 14.2. The number of carbonyl (C=O) groups excluding carboxylic acids is 2. The first-order valence-corrected chi connectivity index (χ1v) is 16.5. The number of likely N-dealkylation sites (tertiary alicyclic amines) is 1. The molecule has 4 aromatic rings. The fraction of sp³-hybridized carbons (Fsp3) is 0.133. The Labute approximate surface area is 225 Å². The summed E-state index contributed by atoms with van der Waals surface area (Å²) >= 11 is 4.36. The zero-order chi connectivity index (χ0) is 25.7. The average molecular weight is 575 g/mol. The quantitative estimate of drug-likeness (QED) is 0.242. The first-order chi connectivity index (χ1) is 18.0. The van der Waals surface area contributed by atoms with Crippen LogP contribution >= 0.6 is 20.8 Å². The van der Waals surface area contributed by atoms with Crippen LogP contribution in [-0.4, -0.2) is 29.0 Å². The Morgan fingerprint density at radius 3 is 1.68 bits per heavy atom. The third-order valence-electron chi connectivity index (χ3n) is 7.03. The van der Waals surface area contributed by atoms with E-state index >= 15 is 0 Å². The molecule has 5 rings (SSSR count). The fourth-order valence-electron chi connectivity index (χ4n) is 5.27. The molecule has 0 radical (unpaired) electrons. The van der Waals surface area contributed by atoms with E-state index in [1.807, 2.05) is 84.9 Å². The van der Waals surface area contributed by atoms with Crippen molar-refractivity contribution in [2.24, 2.45) is 0 Å². The molecule has 188 valence electrons. The molecule has 5 nitrogen and oxygen atoms in total.